The minimum Gasteiger partial charge on any atom is -0.481 e. The fraction of sp³-hybridized carbons (Fsp3) is 0.717. The molecule has 12 rings (SSSR count). The first-order chi connectivity index (χ1) is 29.0. The first-order valence-corrected chi connectivity index (χ1v) is 24.2. The highest BCUT2D eigenvalue weighted by atomic mass is 16.6. The Labute approximate surface area is 373 Å². The number of esters is 1. The Bertz CT molecular complexity index is 1800. The maximum absolute atomic E-state index is 12.9. The Kier molecular flexibility index (Phi) is 14.0. The largest absolute Gasteiger partial charge is 0.481 e. The highest BCUT2D eigenvalue weighted by molar-refractivity contribution is 5.76. The second kappa shape index (κ2) is 18.6. The standard InChI is InChI=1S/C23H33N3O.C17H20O2.C12H23NO2.CH4/c24-19-6-8-20(9-7-19)25-21(27)26-23-13-16-10-17(14-23)12-22(11-16,15-23)18-4-2-1-3-5-18;18-15(19)17-9-12-6-13(10-17)8-16(7-12,11-17)14-4-2-1-3-5-14;1-12(2,3)15-11(14)8-9-4-6-10(13)7-5-9;/h1-5,16-17,19-20H,6-15,24H2,(H2,25,26,27);1-5,12-13H,6-11H2,(H,18,19);9-10H,4-8,13H2,1-3H3;1H4. The van der Waals surface area contributed by atoms with Crippen LogP contribution in [-0.4, -0.2) is 52.3 Å². The molecule has 62 heavy (non-hydrogen) atoms. The Balaban J connectivity index is 0.000000146. The number of hydrogen-bond acceptors (Lipinski definition) is 6. The van der Waals surface area contributed by atoms with Crippen molar-refractivity contribution in [1.82, 2.24) is 10.6 Å². The summed E-state index contributed by atoms with van der Waals surface area (Å²) in [6.45, 7) is 5.71. The zero-order valence-corrected chi connectivity index (χ0v) is 37.5. The number of carbonyl (C=O) groups excluding carboxylic acids is 2. The molecule has 2 aromatic carbocycles. The summed E-state index contributed by atoms with van der Waals surface area (Å²) in [4.78, 5) is 36.2. The fourth-order valence-electron chi connectivity index (χ4n) is 14.9. The molecule has 2 amide bonds. The van der Waals surface area contributed by atoms with Crippen LogP contribution in [0.4, 0.5) is 4.79 Å². The van der Waals surface area contributed by atoms with Crippen molar-refractivity contribution in [3.63, 3.8) is 0 Å². The highest BCUT2D eigenvalue weighted by Gasteiger charge is 2.61. The summed E-state index contributed by atoms with van der Waals surface area (Å²) >= 11 is 0. The van der Waals surface area contributed by atoms with Gasteiger partial charge in [-0.2, -0.15) is 0 Å². The molecular formula is C53H80N4O5. The molecule has 7 N–H and O–H groups in total. The van der Waals surface area contributed by atoms with E-state index in [9.17, 15) is 19.5 Å². The molecule has 0 aliphatic heterocycles. The number of benzene rings is 2. The van der Waals surface area contributed by atoms with Crippen LogP contribution in [0.15, 0.2) is 60.7 Å². The predicted molar refractivity (Wildman–Crippen MR) is 247 cm³/mol. The molecule has 9 heteroatoms. The molecule has 2 aromatic rings. The summed E-state index contributed by atoms with van der Waals surface area (Å²) in [7, 11) is 0. The molecule has 10 fully saturated rings. The summed E-state index contributed by atoms with van der Waals surface area (Å²) in [6, 6.07) is 22.8. The number of carboxylic acid groups (broad SMARTS) is 1. The van der Waals surface area contributed by atoms with Crippen LogP contribution in [0.1, 0.15) is 174 Å². The number of urea groups is 1. The van der Waals surface area contributed by atoms with E-state index in [1.54, 1.807) is 0 Å². The molecule has 0 saturated heterocycles. The minimum atomic E-state index is -0.540. The monoisotopic (exact) mass is 853 g/mol. The number of aliphatic carboxylic acids is 1. The van der Waals surface area contributed by atoms with Crippen molar-refractivity contribution in [3.05, 3.63) is 71.8 Å². The quantitative estimate of drug-likeness (QED) is 0.174. The third kappa shape index (κ3) is 10.6. The lowest BCUT2D eigenvalue weighted by atomic mass is 9.43. The number of ether oxygens (including phenoxy) is 1. The van der Waals surface area contributed by atoms with Gasteiger partial charge in [0.1, 0.15) is 5.60 Å². The SMILES string of the molecule is C.CC(C)(C)OC(=O)CC1CCC(N)CC1.NC1CCC(NC(=O)NC23CC4CC(C2)CC(c2ccccc2)(C4)C3)CC1.O=C(O)C12CC3CC(C1)CC(c1ccccc1)(C3)C2. The molecule has 10 saturated carbocycles. The van der Waals surface area contributed by atoms with Crippen LogP contribution in [-0.2, 0) is 25.2 Å². The van der Waals surface area contributed by atoms with Gasteiger partial charge in [-0.3, -0.25) is 9.59 Å². The first-order valence-electron chi connectivity index (χ1n) is 24.2. The van der Waals surface area contributed by atoms with Gasteiger partial charge in [0, 0.05) is 30.1 Å². The van der Waals surface area contributed by atoms with E-state index in [1.165, 1.54) is 62.5 Å². The molecule has 8 bridgehead atoms. The van der Waals surface area contributed by atoms with Gasteiger partial charge in [-0.1, -0.05) is 68.1 Å². The van der Waals surface area contributed by atoms with Gasteiger partial charge in [0.05, 0.1) is 5.41 Å². The summed E-state index contributed by atoms with van der Waals surface area (Å²) in [5.74, 6) is 2.68. The van der Waals surface area contributed by atoms with Crippen molar-refractivity contribution >= 4 is 18.0 Å². The number of nitrogens with one attached hydrogen (secondary N) is 2. The number of carboxylic acids is 1. The second-order valence-corrected chi connectivity index (χ2v) is 22.9. The lowest BCUT2D eigenvalue weighted by Gasteiger charge is -2.62. The normalized spacial score (nSPS) is 38.5. The zero-order chi connectivity index (χ0) is 43.0. The van der Waals surface area contributed by atoms with Crippen LogP contribution in [0, 0.1) is 35.0 Å². The Morgan fingerprint density at radius 3 is 1.58 bits per heavy atom. The molecule has 342 valence electrons. The number of hydrogen-bond donors (Lipinski definition) is 5. The fourth-order valence-corrected chi connectivity index (χ4v) is 14.9. The Morgan fingerprint density at radius 1 is 0.661 bits per heavy atom. The van der Waals surface area contributed by atoms with Crippen LogP contribution in [0.3, 0.4) is 0 Å². The highest BCUT2D eigenvalue weighted by Crippen LogP contribution is 2.66. The molecule has 0 heterocycles. The Morgan fingerprint density at radius 2 is 1.11 bits per heavy atom. The van der Waals surface area contributed by atoms with Gasteiger partial charge < -0.3 is 31.9 Å². The second-order valence-electron chi connectivity index (χ2n) is 22.9. The summed E-state index contributed by atoms with van der Waals surface area (Å²) in [6.07, 6.45) is 22.7. The topological polar surface area (TPSA) is 157 Å². The van der Waals surface area contributed by atoms with Crippen molar-refractivity contribution in [2.45, 2.75) is 203 Å². The third-order valence-electron chi connectivity index (χ3n) is 16.6. The first kappa shape index (κ1) is 46.6. The van der Waals surface area contributed by atoms with E-state index in [0.717, 1.165) is 88.9 Å². The number of amides is 2. The summed E-state index contributed by atoms with van der Waals surface area (Å²) < 4.78 is 5.30. The van der Waals surface area contributed by atoms with Crippen molar-refractivity contribution < 1.29 is 24.2 Å². The summed E-state index contributed by atoms with van der Waals surface area (Å²) in [5.41, 5.74) is 14.3. The van der Waals surface area contributed by atoms with Crippen LogP contribution in [0.2, 0.25) is 0 Å². The van der Waals surface area contributed by atoms with Gasteiger partial charge in [0.2, 0.25) is 0 Å². The molecule has 0 aromatic heterocycles. The van der Waals surface area contributed by atoms with Crippen LogP contribution >= 0.6 is 0 Å². The van der Waals surface area contributed by atoms with Crippen LogP contribution in [0.5, 0.6) is 0 Å². The van der Waals surface area contributed by atoms with E-state index in [-0.39, 0.29) is 41.4 Å². The molecule has 0 radical (unpaired) electrons. The minimum absolute atomic E-state index is 0. The van der Waals surface area contributed by atoms with E-state index >= 15 is 0 Å². The van der Waals surface area contributed by atoms with Gasteiger partial charge in [-0.15, -0.1) is 0 Å². The van der Waals surface area contributed by atoms with Crippen LogP contribution < -0.4 is 22.1 Å². The number of nitrogens with two attached hydrogens (primary N) is 2. The average Bonchev–Trinajstić information content (AvgIpc) is 3.19. The maximum atomic E-state index is 12.9. The smallest absolute Gasteiger partial charge is 0.315 e. The molecule has 0 spiro atoms. The zero-order valence-electron chi connectivity index (χ0n) is 37.5. The lowest BCUT2D eigenvalue weighted by Crippen LogP contribution is -2.66. The number of carbonyl (C=O) groups is 3. The molecule has 10 aliphatic rings. The lowest BCUT2D eigenvalue weighted by molar-refractivity contribution is -0.167. The van der Waals surface area contributed by atoms with E-state index in [0.29, 0.717) is 42.3 Å². The van der Waals surface area contributed by atoms with E-state index in [2.05, 4.69) is 71.3 Å². The Hall–Kier alpha value is -3.43. The summed E-state index contributed by atoms with van der Waals surface area (Å²) in [5, 5.41) is 16.5. The van der Waals surface area contributed by atoms with Crippen LogP contribution in [0.25, 0.3) is 0 Å². The van der Waals surface area contributed by atoms with E-state index < -0.39 is 11.4 Å². The average molecular weight is 853 g/mol. The molecule has 4 atom stereocenters. The molecule has 4 unspecified atom stereocenters. The van der Waals surface area contributed by atoms with Crippen molar-refractivity contribution in [2.24, 2.45) is 46.5 Å². The van der Waals surface area contributed by atoms with Crippen molar-refractivity contribution in [1.29, 1.82) is 0 Å². The number of rotatable bonds is 7. The molecule has 9 nitrogen and oxygen atoms in total. The molecular weight excluding hydrogens is 773 g/mol. The van der Waals surface area contributed by atoms with Gasteiger partial charge in [0.15, 0.2) is 0 Å². The van der Waals surface area contributed by atoms with Crippen molar-refractivity contribution in [3.8, 4) is 0 Å². The van der Waals surface area contributed by atoms with Gasteiger partial charge in [-0.05, 0) is 201 Å². The third-order valence-corrected chi connectivity index (χ3v) is 16.6. The molecule has 10 aliphatic carbocycles. The van der Waals surface area contributed by atoms with Gasteiger partial charge >= 0.3 is 18.0 Å². The van der Waals surface area contributed by atoms with Crippen molar-refractivity contribution in [2.75, 3.05) is 0 Å². The van der Waals surface area contributed by atoms with E-state index in [1.807, 2.05) is 20.8 Å². The predicted octanol–water partition coefficient (Wildman–Crippen LogP) is 10.3. The van der Waals surface area contributed by atoms with Gasteiger partial charge in [0.25, 0.3) is 0 Å². The van der Waals surface area contributed by atoms with E-state index in [4.69, 9.17) is 16.2 Å². The maximum Gasteiger partial charge on any atom is 0.315 e. The van der Waals surface area contributed by atoms with Gasteiger partial charge in [-0.25, -0.2) is 4.79 Å².